The van der Waals surface area contributed by atoms with Gasteiger partial charge in [0.1, 0.15) is 0 Å². The monoisotopic (exact) mass is 461 g/mol. The highest BCUT2D eigenvalue weighted by atomic mass is 79.9. The van der Waals surface area contributed by atoms with Crippen molar-refractivity contribution in [1.82, 2.24) is 14.2 Å². The van der Waals surface area contributed by atoms with E-state index in [-0.39, 0.29) is 18.2 Å². The summed E-state index contributed by atoms with van der Waals surface area (Å²) in [7, 11) is 0. The Labute approximate surface area is 169 Å². The minimum atomic E-state index is -4.13. The van der Waals surface area contributed by atoms with Gasteiger partial charge < -0.3 is 14.4 Å². The lowest BCUT2D eigenvalue weighted by molar-refractivity contribution is -0.138. The van der Waals surface area contributed by atoms with E-state index in [4.69, 9.17) is 0 Å². The smallest absolute Gasteiger partial charge is 0.390 e. The maximum atomic E-state index is 12.4. The Morgan fingerprint density at radius 1 is 1.29 bits per heavy atom. The molecule has 1 fully saturated rings. The molecule has 0 spiro atoms. The molecular weight excluding hydrogens is 439 g/mol. The molecule has 0 aromatic carbocycles. The summed E-state index contributed by atoms with van der Waals surface area (Å²) in [6.07, 6.45) is -3.02. The van der Waals surface area contributed by atoms with E-state index in [1.54, 1.807) is 6.07 Å². The number of alkyl halides is 3. The van der Waals surface area contributed by atoms with Crippen molar-refractivity contribution < 1.29 is 23.1 Å². The van der Waals surface area contributed by atoms with Gasteiger partial charge in [0.15, 0.2) is 0 Å². The first kappa shape index (κ1) is 21.1. The first-order chi connectivity index (χ1) is 13.1. The van der Waals surface area contributed by atoms with Crippen molar-refractivity contribution in [2.24, 2.45) is 0 Å². The van der Waals surface area contributed by atoms with Gasteiger partial charge in [-0.3, -0.25) is 4.90 Å². The van der Waals surface area contributed by atoms with E-state index >= 15 is 0 Å². The molecule has 28 heavy (non-hydrogen) atoms. The Morgan fingerprint density at radius 3 is 2.50 bits per heavy atom. The number of hydrogen-bond donors (Lipinski definition) is 1. The molecule has 1 saturated heterocycles. The topological polar surface area (TPSA) is 48.2 Å². The van der Waals surface area contributed by atoms with E-state index in [0.717, 1.165) is 15.7 Å². The fraction of sp³-hybridized carbons (Fsp3) is 0.526. The van der Waals surface area contributed by atoms with Crippen LogP contribution in [0.25, 0.3) is 5.52 Å². The fourth-order valence-corrected chi connectivity index (χ4v) is 4.33. The summed E-state index contributed by atoms with van der Waals surface area (Å²) in [4.78, 5) is 15.7. The third-order valence-corrected chi connectivity index (χ3v) is 6.17. The number of carbonyl (C=O) groups is 1. The van der Waals surface area contributed by atoms with E-state index in [2.05, 4.69) is 20.8 Å². The second kappa shape index (κ2) is 8.04. The van der Waals surface area contributed by atoms with Crippen LogP contribution in [0.5, 0.6) is 0 Å². The van der Waals surface area contributed by atoms with Crippen molar-refractivity contribution in [2.45, 2.75) is 32.5 Å². The summed E-state index contributed by atoms with van der Waals surface area (Å²) in [5, 5.41) is 9.59. The highest BCUT2D eigenvalue weighted by Crippen LogP contribution is 2.32. The Balaban J connectivity index is 1.82. The number of halogens is 4. The molecule has 0 saturated carbocycles. The summed E-state index contributed by atoms with van der Waals surface area (Å²) in [5.41, 5.74) is 2.64. The quantitative estimate of drug-likeness (QED) is 0.719. The number of rotatable bonds is 5. The summed E-state index contributed by atoms with van der Waals surface area (Å²) in [6.45, 7) is 6.26. The van der Waals surface area contributed by atoms with Gasteiger partial charge in [-0.15, -0.1) is 0 Å². The molecule has 1 atom stereocenters. The maximum absolute atomic E-state index is 12.4. The van der Waals surface area contributed by atoms with Gasteiger partial charge in [-0.2, -0.15) is 13.2 Å². The van der Waals surface area contributed by atoms with Gasteiger partial charge in [-0.25, -0.2) is 4.79 Å². The first-order valence-corrected chi connectivity index (χ1v) is 9.94. The number of pyridine rings is 1. The number of hydrogen-bond acceptors (Lipinski definition) is 3. The van der Waals surface area contributed by atoms with E-state index < -0.39 is 18.6 Å². The van der Waals surface area contributed by atoms with Gasteiger partial charge in [-0.1, -0.05) is 0 Å². The number of aromatic carboxylic acids is 1. The van der Waals surface area contributed by atoms with Crippen LogP contribution in [0.1, 0.15) is 41.0 Å². The van der Waals surface area contributed by atoms with Crippen LogP contribution in [-0.2, 0) is 0 Å². The Kier molecular flexibility index (Phi) is 6.07. The zero-order valence-corrected chi connectivity index (χ0v) is 17.3. The van der Waals surface area contributed by atoms with Crippen molar-refractivity contribution in [3.63, 3.8) is 0 Å². The second-order valence-electron chi connectivity index (χ2n) is 7.21. The number of piperazine rings is 1. The average Bonchev–Trinajstić information content (AvgIpc) is 2.99. The van der Waals surface area contributed by atoms with Gasteiger partial charge in [0, 0.05) is 55.1 Å². The van der Waals surface area contributed by atoms with E-state index in [0.29, 0.717) is 31.7 Å². The third-order valence-electron chi connectivity index (χ3n) is 5.50. The predicted molar refractivity (Wildman–Crippen MR) is 104 cm³/mol. The molecule has 3 heterocycles. The van der Waals surface area contributed by atoms with Crippen LogP contribution in [0.2, 0.25) is 0 Å². The van der Waals surface area contributed by atoms with E-state index in [1.807, 2.05) is 35.4 Å². The zero-order chi connectivity index (χ0) is 20.6. The first-order valence-electron chi connectivity index (χ1n) is 9.15. The third kappa shape index (κ3) is 4.36. The molecule has 2 aromatic rings. The summed E-state index contributed by atoms with van der Waals surface area (Å²) in [5.74, 6) is -0.974. The SMILES string of the molecule is Cc1c(C(=O)O)cc2c(Br)ccn2c1C(C)N1CCN(CCC(F)(F)F)CC1. The molecule has 3 rings (SSSR count). The minimum absolute atomic E-state index is 0.0219. The summed E-state index contributed by atoms with van der Waals surface area (Å²) in [6, 6.07) is 3.48. The van der Waals surface area contributed by atoms with Gasteiger partial charge in [0.2, 0.25) is 0 Å². The van der Waals surface area contributed by atoms with E-state index in [1.165, 1.54) is 0 Å². The molecule has 5 nitrogen and oxygen atoms in total. The zero-order valence-electron chi connectivity index (χ0n) is 15.8. The molecule has 1 N–H and O–H groups in total. The lowest BCUT2D eigenvalue weighted by Crippen LogP contribution is -2.48. The normalized spacial score (nSPS) is 17.9. The average molecular weight is 462 g/mol. The number of aromatic nitrogens is 1. The highest BCUT2D eigenvalue weighted by molar-refractivity contribution is 9.10. The van der Waals surface area contributed by atoms with Crippen LogP contribution in [0, 0.1) is 6.92 Å². The number of carboxylic acid groups (broad SMARTS) is 1. The largest absolute Gasteiger partial charge is 0.478 e. The van der Waals surface area contributed by atoms with Crippen molar-refractivity contribution in [1.29, 1.82) is 0 Å². The van der Waals surface area contributed by atoms with Crippen molar-refractivity contribution in [3.05, 3.63) is 39.6 Å². The van der Waals surface area contributed by atoms with Gasteiger partial charge in [-0.05, 0) is 47.5 Å². The number of nitrogens with zero attached hydrogens (tertiary/aromatic N) is 3. The van der Waals surface area contributed by atoms with E-state index in [9.17, 15) is 23.1 Å². The van der Waals surface area contributed by atoms with Crippen LogP contribution in [0.3, 0.4) is 0 Å². The fourth-order valence-electron chi connectivity index (χ4n) is 3.90. The van der Waals surface area contributed by atoms with Crippen LogP contribution in [0.15, 0.2) is 22.8 Å². The molecule has 0 bridgehead atoms. The molecule has 0 aliphatic carbocycles. The lowest BCUT2D eigenvalue weighted by atomic mass is 10.0. The highest BCUT2D eigenvalue weighted by Gasteiger charge is 2.30. The van der Waals surface area contributed by atoms with Crippen LogP contribution >= 0.6 is 15.9 Å². The van der Waals surface area contributed by atoms with Gasteiger partial charge >= 0.3 is 12.1 Å². The van der Waals surface area contributed by atoms with Crippen molar-refractivity contribution in [2.75, 3.05) is 32.7 Å². The standard InChI is InChI=1S/C19H23BrF3N3O2/c1-12-14(18(27)28)11-16-15(20)3-5-26(16)17(12)13(2)25-9-7-24(8-10-25)6-4-19(21,22)23/h3,5,11,13H,4,6-10H2,1-2H3,(H,27,28). The predicted octanol–water partition coefficient (Wildman–Crippen LogP) is 4.34. The Bertz CT molecular complexity index is 873. The molecule has 1 unspecified atom stereocenters. The molecule has 0 amide bonds. The molecule has 9 heteroatoms. The summed E-state index contributed by atoms with van der Waals surface area (Å²) < 4.78 is 40.1. The van der Waals surface area contributed by atoms with Crippen molar-refractivity contribution in [3.8, 4) is 0 Å². The van der Waals surface area contributed by atoms with Crippen LogP contribution in [-0.4, -0.2) is 64.2 Å². The minimum Gasteiger partial charge on any atom is -0.478 e. The van der Waals surface area contributed by atoms with Gasteiger partial charge in [0.05, 0.1) is 17.5 Å². The second-order valence-corrected chi connectivity index (χ2v) is 8.07. The Hall–Kier alpha value is -1.58. The number of carboxylic acids is 1. The molecule has 0 radical (unpaired) electrons. The van der Waals surface area contributed by atoms with Crippen LogP contribution in [0.4, 0.5) is 13.2 Å². The molecular formula is C19H23BrF3N3O2. The molecule has 1 aliphatic heterocycles. The Morgan fingerprint density at radius 2 is 1.93 bits per heavy atom. The van der Waals surface area contributed by atoms with Gasteiger partial charge in [0.25, 0.3) is 0 Å². The molecule has 1 aliphatic rings. The van der Waals surface area contributed by atoms with Crippen LogP contribution < -0.4 is 0 Å². The lowest BCUT2D eigenvalue weighted by Gasteiger charge is -2.39. The maximum Gasteiger partial charge on any atom is 0.390 e. The number of fused-ring (bicyclic) bond motifs is 1. The molecule has 154 valence electrons. The molecule has 2 aromatic heterocycles. The van der Waals surface area contributed by atoms with Crippen molar-refractivity contribution >= 4 is 27.4 Å². The summed E-state index contributed by atoms with van der Waals surface area (Å²) >= 11 is 3.47.